The number of nitrogens with one attached hydrogen (secondary N) is 1. The van der Waals surface area contributed by atoms with Gasteiger partial charge in [-0.15, -0.1) is 0 Å². The van der Waals surface area contributed by atoms with Gasteiger partial charge in [0.2, 0.25) is 0 Å². The molecule has 1 aromatic heterocycles. The molecule has 0 unspecified atom stereocenters. The van der Waals surface area contributed by atoms with E-state index in [9.17, 15) is 4.79 Å². The second-order valence-corrected chi connectivity index (χ2v) is 3.26. The van der Waals surface area contributed by atoms with E-state index in [1.165, 1.54) is 6.20 Å². The van der Waals surface area contributed by atoms with Crippen molar-refractivity contribution in [1.82, 2.24) is 4.98 Å². The van der Waals surface area contributed by atoms with Crippen molar-refractivity contribution >= 4 is 22.4 Å². The highest BCUT2D eigenvalue weighted by Gasteiger charge is 2.04. The molecule has 0 atom stereocenters. The summed E-state index contributed by atoms with van der Waals surface area (Å²) in [6.45, 7) is 0.873. The number of thiazole rings is 1. The van der Waals surface area contributed by atoms with E-state index in [2.05, 4.69) is 10.3 Å². The Bertz CT molecular complexity index is 302. The number of ether oxygens (including phenoxy) is 2. The molecular formula is C7H10N2O4S. The Morgan fingerprint density at radius 1 is 1.71 bits per heavy atom. The molecule has 0 aliphatic carbocycles. The van der Waals surface area contributed by atoms with Crippen LogP contribution >= 0.6 is 11.3 Å². The summed E-state index contributed by atoms with van der Waals surface area (Å²) in [6, 6.07) is 0. The van der Waals surface area contributed by atoms with Gasteiger partial charge in [-0.2, -0.15) is 0 Å². The van der Waals surface area contributed by atoms with E-state index in [0.29, 0.717) is 23.4 Å². The predicted molar refractivity (Wildman–Crippen MR) is 51.1 cm³/mol. The zero-order valence-electron chi connectivity index (χ0n) is 7.52. The normalized spacial score (nSPS) is 9.79. The van der Waals surface area contributed by atoms with Crippen LogP contribution in [0.15, 0.2) is 6.20 Å². The van der Waals surface area contributed by atoms with Gasteiger partial charge in [0.1, 0.15) is 11.6 Å². The van der Waals surface area contributed by atoms with Gasteiger partial charge in [0.05, 0.1) is 12.8 Å². The molecule has 1 amide bonds. The van der Waals surface area contributed by atoms with Crippen LogP contribution in [-0.4, -0.2) is 36.5 Å². The van der Waals surface area contributed by atoms with Crippen molar-refractivity contribution in [2.45, 2.75) is 0 Å². The van der Waals surface area contributed by atoms with Crippen molar-refractivity contribution in [1.29, 1.82) is 0 Å². The maximum Gasteiger partial charge on any atom is 0.409 e. The molecule has 1 rings (SSSR count). The van der Waals surface area contributed by atoms with Crippen molar-refractivity contribution in [3.8, 4) is 5.19 Å². The van der Waals surface area contributed by atoms with Crippen LogP contribution in [0.1, 0.15) is 0 Å². The number of aromatic nitrogens is 1. The van der Waals surface area contributed by atoms with E-state index in [1.54, 1.807) is 7.11 Å². The standard InChI is InChI=1S/C7H10N2O4S/c1-12-2-3-13-7-8-4-5(14-7)9-6(10)11/h4,9H,2-3H2,1H3,(H,10,11). The monoisotopic (exact) mass is 218 g/mol. The highest BCUT2D eigenvalue weighted by atomic mass is 32.1. The van der Waals surface area contributed by atoms with Gasteiger partial charge >= 0.3 is 6.09 Å². The van der Waals surface area contributed by atoms with Crippen LogP contribution in [0.5, 0.6) is 5.19 Å². The Labute approximate surface area is 84.5 Å². The SMILES string of the molecule is COCCOc1ncc(NC(=O)O)s1. The average molecular weight is 218 g/mol. The molecule has 0 saturated carbocycles. The number of rotatable bonds is 5. The first-order chi connectivity index (χ1) is 6.72. The summed E-state index contributed by atoms with van der Waals surface area (Å²) < 4.78 is 9.94. The van der Waals surface area contributed by atoms with Gasteiger partial charge in [-0.3, -0.25) is 5.32 Å². The Morgan fingerprint density at radius 3 is 3.14 bits per heavy atom. The lowest BCUT2D eigenvalue weighted by atomic mass is 10.8. The van der Waals surface area contributed by atoms with Gasteiger partial charge in [-0.1, -0.05) is 11.3 Å². The van der Waals surface area contributed by atoms with Crippen molar-refractivity contribution in [3.63, 3.8) is 0 Å². The quantitative estimate of drug-likeness (QED) is 0.727. The Balaban J connectivity index is 2.38. The van der Waals surface area contributed by atoms with Crippen LogP contribution in [0.3, 0.4) is 0 Å². The molecule has 0 aliphatic heterocycles. The van der Waals surface area contributed by atoms with Crippen molar-refractivity contribution in [2.75, 3.05) is 25.6 Å². The zero-order chi connectivity index (χ0) is 10.4. The van der Waals surface area contributed by atoms with Crippen LogP contribution in [-0.2, 0) is 4.74 Å². The fourth-order valence-corrected chi connectivity index (χ4v) is 1.38. The first kappa shape index (κ1) is 10.7. The summed E-state index contributed by atoms with van der Waals surface area (Å²) in [4.78, 5) is 14.1. The van der Waals surface area contributed by atoms with Gasteiger partial charge in [0, 0.05) is 7.11 Å². The molecule has 7 heteroatoms. The number of anilines is 1. The highest BCUT2D eigenvalue weighted by molar-refractivity contribution is 7.17. The molecule has 2 N–H and O–H groups in total. The maximum absolute atomic E-state index is 10.2. The van der Waals surface area contributed by atoms with E-state index >= 15 is 0 Å². The highest BCUT2D eigenvalue weighted by Crippen LogP contribution is 2.24. The van der Waals surface area contributed by atoms with Crippen molar-refractivity contribution in [3.05, 3.63) is 6.20 Å². The first-order valence-electron chi connectivity index (χ1n) is 3.80. The second-order valence-electron chi connectivity index (χ2n) is 2.26. The summed E-state index contributed by atoms with van der Waals surface area (Å²) in [6.07, 6.45) is 0.290. The molecule has 78 valence electrons. The Kier molecular flexibility index (Phi) is 4.14. The van der Waals surface area contributed by atoms with Gasteiger partial charge in [0.25, 0.3) is 5.19 Å². The molecule has 0 spiro atoms. The second kappa shape index (κ2) is 5.40. The summed E-state index contributed by atoms with van der Waals surface area (Å²) in [5.74, 6) is 0. The number of carbonyl (C=O) groups is 1. The van der Waals surface area contributed by atoms with Crippen molar-refractivity contribution < 1.29 is 19.4 Å². The molecule has 14 heavy (non-hydrogen) atoms. The average Bonchev–Trinajstić information content (AvgIpc) is 2.52. The van der Waals surface area contributed by atoms with Crippen LogP contribution in [0.2, 0.25) is 0 Å². The zero-order valence-corrected chi connectivity index (χ0v) is 8.34. The molecule has 0 aliphatic rings. The molecule has 0 fully saturated rings. The molecule has 6 nitrogen and oxygen atoms in total. The van der Waals surface area contributed by atoms with Gasteiger partial charge in [-0.05, 0) is 0 Å². The number of methoxy groups -OCH3 is 1. The van der Waals surface area contributed by atoms with Crippen molar-refractivity contribution in [2.24, 2.45) is 0 Å². The van der Waals surface area contributed by atoms with Crippen LogP contribution < -0.4 is 10.1 Å². The number of amides is 1. The molecule has 1 aromatic rings. The molecular weight excluding hydrogens is 208 g/mol. The third-order valence-corrected chi connectivity index (χ3v) is 2.05. The third-order valence-electron chi connectivity index (χ3n) is 1.23. The molecule has 0 bridgehead atoms. The Hall–Kier alpha value is -1.34. The van der Waals surface area contributed by atoms with Crippen LogP contribution in [0, 0.1) is 0 Å². The predicted octanol–water partition coefficient (Wildman–Crippen LogP) is 1.26. The number of nitrogens with zero attached hydrogens (tertiary/aromatic N) is 1. The van der Waals surface area contributed by atoms with Gasteiger partial charge < -0.3 is 14.6 Å². The summed E-state index contributed by atoms with van der Waals surface area (Å²) >= 11 is 1.13. The van der Waals surface area contributed by atoms with E-state index in [1.807, 2.05) is 0 Å². The Morgan fingerprint density at radius 2 is 2.50 bits per heavy atom. The lowest BCUT2D eigenvalue weighted by molar-refractivity contribution is 0.146. The minimum Gasteiger partial charge on any atom is -0.468 e. The number of carboxylic acid groups (broad SMARTS) is 1. The van der Waals surface area contributed by atoms with Crippen LogP contribution in [0.4, 0.5) is 9.80 Å². The lowest BCUT2D eigenvalue weighted by Gasteiger charge is -1.99. The lowest BCUT2D eigenvalue weighted by Crippen LogP contribution is -2.05. The number of hydrogen-bond acceptors (Lipinski definition) is 5. The fourth-order valence-electron chi connectivity index (χ4n) is 0.700. The summed E-state index contributed by atoms with van der Waals surface area (Å²) in [7, 11) is 1.57. The van der Waals surface area contributed by atoms with Crippen LogP contribution in [0.25, 0.3) is 0 Å². The third kappa shape index (κ3) is 3.58. The molecule has 0 saturated heterocycles. The topological polar surface area (TPSA) is 80.7 Å². The molecule has 0 aromatic carbocycles. The largest absolute Gasteiger partial charge is 0.468 e. The van der Waals surface area contributed by atoms with Gasteiger partial charge in [-0.25, -0.2) is 9.78 Å². The van der Waals surface area contributed by atoms with E-state index in [0.717, 1.165) is 11.3 Å². The van der Waals surface area contributed by atoms with E-state index in [4.69, 9.17) is 14.6 Å². The maximum atomic E-state index is 10.2. The summed E-state index contributed by atoms with van der Waals surface area (Å²) in [5, 5.41) is 11.4. The molecule has 1 heterocycles. The number of hydrogen-bond donors (Lipinski definition) is 2. The molecule has 0 radical (unpaired) electrons. The van der Waals surface area contributed by atoms with E-state index in [-0.39, 0.29) is 0 Å². The minimum atomic E-state index is -1.11. The van der Waals surface area contributed by atoms with Gasteiger partial charge in [0.15, 0.2) is 0 Å². The fraction of sp³-hybridized carbons (Fsp3) is 0.429. The minimum absolute atomic E-state index is 0.399. The summed E-state index contributed by atoms with van der Waals surface area (Å²) in [5.41, 5.74) is 0. The first-order valence-corrected chi connectivity index (χ1v) is 4.61. The smallest absolute Gasteiger partial charge is 0.409 e. The van der Waals surface area contributed by atoms with E-state index < -0.39 is 6.09 Å².